The standard InChI is InChI=1S/C16H22N6O/c1-11-13(12(2)21-20-11)5-6-16(23)19-14-9-15(18-10-17-14)22-7-3-4-8-22/h9-10H,3-8H2,1-2H3,(H,20,21)(H,17,18,19,23). The van der Waals surface area contributed by atoms with Crippen LogP contribution in [0.15, 0.2) is 12.4 Å². The summed E-state index contributed by atoms with van der Waals surface area (Å²) in [4.78, 5) is 22.8. The fraction of sp³-hybridized carbons (Fsp3) is 0.500. The van der Waals surface area contributed by atoms with E-state index in [4.69, 9.17) is 0 Å². The lowest BCUT2D eigenvalue weighted by molar-refractivity contribution is -0.116. The van der Waals surface area contributed by atoms with E-state index in [-0.39, 0.29) is 5.91 Å². The molecule has 1 aliphatic rings. The number of nitrogens with one attached hydrogen (secondary N) is 2. The van der Waals surface area contributed by atoms with Gasteiger partial charge in [-0.1, -0.05) is 0 Å². The minimum absolute atomic E-state index is 0.0453. The molecule has 0 atom stereocenters. The van der Waals surface area contributed by atoms with Crippen molar-refractivity contribution < 1.29 is 4.79 Å². The van der Waals surface area contributed by atoms with Gasteiger partial charge in [0.1, 0.15) is 18.0 Å². The molecule has 2 aromatic rings. The van der Waals surface area contributed by atoms with Gasteiger partial charge < -0.3 is 10.2 Å². The number of nitrogens with zero attached hydrogens (tertiary/aromatic N) is 4. The first-order valence-corrected chi connectivity index (χ1v) is 8.01. The zero-order chi connectivity index (χ0) is 16.2. The van der Waals surface area contributed by atoms with Crippen molar-refractivity contribution in [3.8, 4) is 0 Å². The number of aryl methyl sites for hydroxylation is 2. The average molecular weight is 314 g/mol. The molecule has 122 valence electrons. The predicted octanol–water partition coefficient (Wildman–Crippen LogP) is 1.99. The van der Waals surface area contributed by atoms with E-state index in [0.717, 1.165) is 35.9 Å². The number of rotatable bonds is 5. The second-order valence-corrected chi connectivity index (χ2v) is 5.92. The summed E-state index contributed by atoms with van der Waals surface area (Å²) in [5.74, 6) is 1.40. The van der Waals surface area contributed by atoms with E-state index in [1.165, 1.54) is 19.2 Å². The highest BCUT2D eigenvalue weighted by atomic mass is 16.1. The van der Waals surface area contributed by atoms with E-state index < -0.39 is 0 Å². The number of hydrogen-bond acceptors (Lipinski definition) is 5. The average Bonchev–Trinajstić information content (AvgIpc) is 3.17. The van der Waals surface area contributed by atoms with Crippen LogP contribution in [0.25, 0.3) is 0 Å². The maximum Gasteiger partial charge on any atom is 0.225 e. The first kappa shape index (κ1) is 15.5. The molecule has 0 radical (unpaired) electrons. The second kappa shape index (κ2) is 6.76. The largest absolute Gasteiger partial charge is 0.356 e. The molecule has 0 spiro atoms. The van der Waals surface area contributed by atoms with Crippen LogP contribution in [-0.2, 0) is 11.2 Å². The number of aromatic amines is 1. The summed E-state index contributed by atoms with van der Waals surface area (Å²) in [6.07, 6.45) is 4.96. The molecule has 23 heavy (non-hydrogen) atoms. The van der Waals surface area contributed by atoms with Crippen LogP contribution in [0, 0.1) is 13.8 Å². The molecule has 1 fully saturated rings. The second-order valence-electron chi connectivity index (χ2n) is 5.92. The molecule has 7 heteroatoms. The first-order chi connectivity index (χ1) is 11.1. The van der Waals surface area contributed by atoms with Crippen LogP contribution in [0.1, 0.15) is 36.2 Å². The Labute approximate surface area is 135 Å². The molecule has 1 saturated heterocycles. The Morgan fingerprint density at radius 1 is 1.30 bits per heavy atom. The van der Waals surface area contributed by atoms with Gasteiger partial charge in [0.25, 0.3) is 0 Å². The topological polar surface area (TPSA) is 86.8 Å². The summed E-state index contributed by atoms with van der Waals surface area (Å²) in [7, 11) is 0. The molecule has 0 saturated carbocycles. The Hall–Kier alpha value is -2.44. The van der Waals surface area contributed by atoms with Crippen LogP contribution in [0.3, 0.4) is 0 Å². The van der Waals surface area contributed by atoms with Crippen LogP contribution in [0.5, 0.6) is 0 Å². The van der Waals surface area contributed by atoms with Gasteiger partial charge in [-0.3, -0.25) is 9.89 Å². The van der Waals surface area contributed by atoms with E-state index in [1.807, 2.05) is 19.9 Å². The van der Waals surface area contributed by atoms with Gasteiger partial charge in [-0.05, 0) is 38.7 Å². The lowest BCUT2D eigenvalue weighted by Gasteiger charge is -2.16. The number of anilines is 2. The van der Waals surface area contributed by atoms with Gasteiger partial charge in [0.2, 0.25) is 5.91 Å². The van der Waals surface area contributed by atoms with Gasteiger partial charge >= 0.3 is 0 Å². The van der Waals surface area contributed by atoms with Crippen molar-refractivity contribution in [2.45, 2.75) is 39.5 Å². The normalized spacial score (nSPS) is 14.3. The van der Waals surface area contributed by atoms with Crippen molar-refractivity contribution in [3.63, 3.8) is 0 Å². The molecule has 3 rings (SSSR count). The maximum absolute atomic E-state index is 12.1. The smallest absolute Gasteiger partial charge is 0.225 e. The summed E-state index contributed by atoms with van der Waals surface area (Å²) in [5, 5.41) is 9.95. The minimum atomic E-state index is -0.0453. The molecule has 0 unspecified atom stereocenters. The van der Waals surface area contributed by atoms with Crippen molar-refractivity contribution in [2.24, 2.45) is 0 Å². The van der Waals surface area contributed by atoms with Gasteiger partial charge in [0, 0.05) is 31.3 Å². The Bertz CT molecular complexity index is 670. The maximum atomic E-state index is 12.1. The monoisotopic (exact) mass is 314 g/mol. The molecule has 0 bridgehead atoms. The Morgan fingerprint density at radius 3 is 2.78 bits per heavy atom. The molecule has 0 aromatic carbocycles. The fourth-order valence-corrected chi connectivity index (χ4v) is 2.92. The third-order valence-electron chi connectivity index (χ3n) is 4.23. The van der Waals surface area contributed by atoms with Gasteiger partial charge in [0.05, 0.1) is 5.69 Å². The molecular weight excluding hydrogens is 292 g/mol. The lowest BCUT2D eigenvalue weighted by atomic mass is 10.1. The lowest BCUT2D eigenvalue weighted by Crippen LogP contribution is -2.20. The van der Waals surface area contributed by atoms with Crippen LogP contribution >= 0.6 is 0 Å². The number of hydrogen-bond donors (Lipinski definition) is 2. The van der Waals surface area contributed by atoms with E-state index in [0.29, 0.717) is 18.7 Å². The Kier molecular flexibility index (Phi) is 4.55. The van der Waals surface area contributed by atoms with Crippen LogP contribution in [0.4, 0.5) is 11.6 Å². The molecule has 7 nitrogen and oxygen atoms in total. The van der Waals surface area contributed by atoms with E-state index >= 15 is 0 Å². The highest BCUT2D eigenvalue weighted by Crippen LogP contribution is 2.19. The molecule has 2 N–H and O–H groups in total. The highest BCUT2D eigenvalue weighted by molar-refractivity contribution is 5.90. The predicted molar refractivity (Wildman–Crippen MR) is 88.5 cm³/mol. The third kappa shape index (κ3) is 3.67. The van der Waals surface area contributed by atoms with Gasteiger partial charge in [-0.2, -0.15) is 5.10 Å². The van der Waals surface area contributed by atoms with E-state index in [2.05, 4.69) is 30.4 Å². The summed E-state index contributed by atoms with van der Waals surface area (Å²) < 4.78 is 0. The van der Waals surface area contributed by atoms with E-state index in [1.54, 1.807) is 0 Å². The van der Waals surface area contributed by atoms with Gasteiger partial charge in [-0.15, -0.1) is 0 Å². The molecule has 3 heterocycles. The Balaban J connectivity index is 1.58. The van der Waals surface area contributed by atoms with Gasteiger partial charge in [0.15, 0.2) is 0 Å². The summed E-state index contributed by atoms with van der Waals surface area (Å²) in [6, 6.07) is 1.84. The molecule has 1 aliphatic heterocycles. The van der Waals surface area contributed by atoms with Crippen molar-refractivity contribution in [1.29, 1.82) is 0 Å². The molecule has 1 amide bonds. The van der Waals surface area contributed by atoms with Crippen molar-refractivity contribution in [3.05, 3.63) is 29.3 Å². The Morgan fingerprint density at radius 2 is 2.09 bits per heavy atom. The van der Waals surface area contributed by atoms with Crippen LogP contribution in [0.2, 0.25) is 0 Å². The van der Waals surface area contributed by atoms with Crippen molar-refractivity contribution in [2.75, 3.05) is 23.3 Å². The number of carbonyl (C=O) groups excluding carboxylic acids is 1. The summed E-state index contributed by atoms with van der Waals surface area (Å²) in [5.41, 5.74) is 3.09. The summed E-state index contributed by atoms with van der Waals surface area (Å²) >= 11 is 0. The van der Waals surface area contributed by atoms with Crippen molar-refractivity contribution >= 4 is 17.5 Å². The number of carbonyl (C=O) groups is 1. The number of amides is 1. The molecule has 0 aliphatic carbocycles. The van der Waals surface area contributed by atoms with E-state index in [9.17, 15) is 4.79 Å². The highest BCUT2D eigenvalue weighted by Gasteiger charge is 2.15. The molecule has 2 aromatic heterocycles. The number of aromatic nitrogens is 4. The van der Waals surface area contributed by atoms with Crippen LogP contribution in [-0.4, -0.2) is 39.2 Å². The third-order valence-corrected chi connectivity index (χ3v) is 4.23. The minimum Gasteiger partial charge on any atom is -0.356 e. The quantitative estimate of drug-likeness (QED) is 0.881. The van der Waals surface area contributed by atoms with Gasteiger partial charge in [-0.25, -0.2) is 9.97 Å². The fourth-order valence-electron chi connectivity index (χ4n) is 2.92. The van der Waals surface area contributed by atoms with Crippen molar-refractivity contribution in [1.82, 2.24) is 20.2 Å². The number of H-pyrrole nitrogens is 1. The summed E-state index contributed by atoms with van der Waals surface area (Å²) in [6.45, 7) is 5.95. The van der Waals surface area contributed by atoms with Crippen LogP contribution < -0.4 is 10.2 Å². The SMILES string of the molecule is Cc1n[nH]c(C)c1CCC(=O)Nc1cc(N2CCCC2)ncn1. The first-order valence-electron chi connectivity index (χ1n) is 8.01. The molecular formula is C16H22N6O. The zero-order valence-corrected chi connectivity index (χ0v) is 13.6. The zero-order valence-electron chi connectivity index (χ0n) is 13.6.